The van der Waals surface area contributed by atoms with Crippen LogP contribution < -0.4 is 10.6 Å². The molecule has 0 radical (unpaired) electrons. The van der Waals surface area contributed by atoms with Gasteiger partial charge < -0.3 is 10.6 Å². The second-order valence-electron chi connectivity index (χ2n) is 4.31. The Labute approximate surface area is 117 Å². The molecule has 1 fully saturated rings. The van der Waals surface area contributed by atoms with Gasteiger partial charge in [-0.15, -0.1) is 11.8 Å². The smallest absolute Gasteiger partial charge is 0.230 e. The van der Waals surface area contributed by atoms with Gasteiger partial charge in [0.1, 0.15) is 0 Å². The summed E-state index contributed by atoms with van der Waals surface area (Å²) in [5.41, 5.74) is 0. The van der Waals surface area contributed by atoms with Crippen LogP contribution in [0.3, 0.4) is 0 Å². The number of benzene rings is 1. The fraction of sp³-hybridized carbons (Fsp3) is 0.462. The van der Waals surface area contributed by atoms with Crippen molar-refractivity contribution in [1.82, 2.24) is 10.6 Å². The van der Waals surface area contributed by atoms with Crippen LogP contribution in [0.15, 0.2) is 29.2 Å². The third kappa shape index (κ3) is 4.19. The number of hydrogen-bond acceptors (Lipinski definition) is 3. The van der Waals surface area contributed by atoms with E-state index in [0.717, 1.165) is 30.8 Å². The molecule has 98 valence electrons. The SMILES string of the molecule is O=C(CSc1ccccc1Cl)NC1CCNCC1. The molecule has 0 spiro atoms. The van der Waals surface area contributed by atoms with Crippen molar-refractivity contribution in [2.24, 2.45) is 0 Å². The molecule has 0 atom stereocenters. The molecule has 0 unspecified atom stereocenters. The number of halogens is 1. The number of thioether (sulfide) groups is 1. The molecule has 0 saturated carbocycles. The molecule has 0 aliphatic carbocycles. The minimum absolute atomic E-state index is 0.0896. The molecule has 1 aliphatic heterocycles. The van der Waals surface area contributed by atoms with Gasteiger partial charge >= 0.3 is 0 Å². The van der Waals surface area contributed by atoms with Crippen molar-refractivity contribution in [3.05, 3.63) is 29.3 Å². The molecular formula is C13H17ClN2OS. The molecular weight excluding hydrogens is 268 g/mol. The highest BCUT2D eigenvalue weighted by atomic mass is 35.5. The Morgan fingerprint density at radius 1 is 1.39 bits per heavy atom. The molecule has 3 nitrogen and oxygen atoms in total. The first-order chi connectivity index (χ1) is 8.75. The first-order valence-corrected chi connectivity index (χ1v) is 7.49. The van der Waals surface area contributed by atoms with Gasteiger partial charge in [0.25, 0.3) is 0 Å². The molecule has 18 heavy (non-hydrogen) atoms. The van der Waals surface area contributed by atoms with Crippen molar-refractivity contribution in [1.29, 1.82) is 0 Å². The van der Waals surface area contributed by atoms with Gasteiger partial charge in [-0.1, -0.05) is 23.7 Å². The molecule has 2 N–H and O–H groups in total. The number of piperidine rings is 1. The number of carbonyl (C=O) groups is 1. The maximum atomic E-state index is 11.8. The van der Waals surface area contributed by atoms with E-state index in [1.165, 1.54) is 11.8 Å². The fourth-order valence-electron chi connectivity index (χ4n) is 1.94. The summed E-state index contributed by atoms with van der Waals surface area (Å²) < 4.78 is 0. The van der Waals surface area contributed by atoms with Crippen molar-refractivity contribution < 1.29 is 4.79 Å². The summed E-state index contributed by atoms with van der Waals surface area (Å²) in [4.78, 5) is 12.8. The van der Waals surface area contributed by atoms with Crippen molar-refractivity contribution >= 4 is 29.3 Å². The first-order valence-electron chi connectivity index (χ1n) is 6.13. The zero-order valence-electron chi connectivity index (χ0n) is 10.1. The number of amides is 1. The maximum Gasteiger partial charge on any atom is 0.230 e. The Morgan fingerprint density at radius 3 is 2.83 bits per heavy atom. The Bertz CT molecular complexity index is 408. The summed E-state index contributed by atoms with van der Waals surface area (Å²) in [6, 6.07) is 7.92. The third-order valence-corrected chi connectivity index (χ3v) is 4.41. The molecule has 2 rings (SSSR count). The minimum Gasteiger partial charge on any atom is -0.353 e. The average Bonchev–Trinajstić information content (AvgIpc) is 2.39. The second-order valence-corrected chi connectivity index (χ2v) is 5.74. The van der Waals surface area contributed by atoms with E-state index in [4.69, 9.17) is 11.6 Å². The molecule has 1 aromatic carbocycles. The van der Waals surface area contributed by atoms with Gasteiger partial charge in [0, 0.05) is 10.9 Å². The van der Waals surface area contributed by atoms with E-state index in [1.807, 2.05) is 24.3 Å². The second kappa shape index (κ2) is 7.02. The molecule has 0 aromatic heterocycles. The standard InChI is InChI=1S/C13H17ClN2OS/c14-11-3-1-2-4-12(11)18-9-13(17)16-10-5-7-15-8-6-10/h1-4,10,15H,5-9H2,(H,16,17). The van der Waals surface area contributed by atoms with Gasteiger partial charge in [-0.3, -0.25) is 4.79 Å². The van der Waals surface area contributed by atoms with Crippen LogP contribution in [-0.4, -0.2) is 30.8 Å². The predicted octanol–water partition coefficient (Wildman–Crippen LogP) is 2.30. The third-order valence-electron chi connectivity index (χ3n) is 2.90. The molecule has 1 heterocycles. The summed E-state index contributed by atoms with van der Waals surface area (Å²) >= 11 is 7.52. The Hall–Kier alpha value is -0.710. The minimum atomic E-state index is 0.0896. The normalized spacial score (nSPS) is 16.5. The van der Waals surface area contributed by atoms with Gasteiger partial charge in [0.05, 0.1) is 10.8 Å². The summed E-state index contributed by atoms with van der Waals surface area (Å²) in [5, 5.41) is 7.05. The highest BCUT2D eigenvalue weighted by molar-refractivity contribution is 8.00. The average molecular weight is 285 g/mol. The molecule has 5 heteroatoms. The summed E-state index contributed by atoms with van der Waals surface area (Å²) in [7, 11) is 0. The van der Waals surface area contributed by atoms with E-state index in [-0.39, 0.29) is 5.91 Å². The molecule has 1 amide bonds. The van der Waals surface area contributed by atoms with Crippen LogP contribution in [0.1, 0.15) is 12.8 Å². The molecule has 1 aromatic rings. The number of hydrogen-bond donors (Lipinski definition) is 2. The van der Waals surface area contributed by atoms with Crippen LogP contribution in [0.25, 0.3) is 0 Å². The van der Waals surface area contributed by atoms with Gasteiger partial charge in [-0.25, -0.2) is 0 Å². The van der Waals surface area contributed by atoms with Gasteiger partial charge in [0.15, 0.2) is 0 Å². The van der Waals surface area contributed by atoms with E-state index in [1.54, 1.807) is 0 Å². The van der Waals surface area contributed by atoms with E-state index in [0.29, 0.717) is 16.8 Å². The Morgan fingerprint density at radius 2 is 2.11 bits per heavy atom. The lowest BCUT2D eigenvalue weighted by atomic mass is 10.1. The van der Waals surface area contributed by atoms with Crippen LogP contribution >= 0.6 is 23.4 Å². The van der Waals surface area contributed by atoms with Gasteiger partial charge in [0.2, 0.25) is 5.91 Å². The Kier molecular flexibility index (Phi) is 5.35. The zero-order valence-corrected chi connectivity index (χ0v) is 11.7. The highest BCUT2D eigenvalue weighted by Crippen LogP contribution is 2.26. The van der Waals surface area contributed by atoms with E-state index in [9.17, 15) is 4.79 Å². The summed E-state index contributed by atoms with van der Waals surface area (Å²) in [5.74, 6) is 0.514. The molecule has 1 saturated heterocycles. The van der Waals surface area contributed by atoms with Crippen LogP contribution in [0.5, 0.6) is 0 Å². The topological polar surface area (TPSA) is 41.1 Å². The molecule has 0 bridgehead atoms. The maximum absolute atomic E-state index is 11.8. The van der Waals surface area contributed by atoms with Gasteiger partial charge in [-0.05, 0) is 38.1 Å². The van der Waals surface area contributed by atoms with Crippen LogP contribution in [-0.2, 0) is 4.79 Å². The van der Waals surface area contributed by atoms with Crippen LogP contribution in [0.2, 0.25) is 5.02 Å². The Balaban J connectivity index is 1.76. The van der Waals surface area contributed by atoms with E-state index < -0.39 is 0 Å². The van der Waals surface area contributed by atoms with Crippen molar-refractivity contribution in [3.63, 3.8) is 0 Å². The number of carbonyl (C=O) groups excluding carboxylic acids is 1. The largest absolute Gasteiger partial charge is 0.353 e. The van der Waals surface area contributed by atoms with Crippen LogP contribution in [0.4, 0.5) is 0 Å². The van der Waals surface area contributed by atoms with E-state index >= 15 is 0 Å². The predicted molar refractivity (Wildman–Crippen MR) is 76.2 cm³/mol. The van der Waals surface area contributed by atoms with Gasteiger partial charge in [-0.2, -0.15) is 0 Å². The summed E-state index contributed by atoms with van der Waals surface area (Å²) in [6.07, 6.45) is 2.03. The lowest BCUT2D eigenvalue weighted by Crippen LogP contribution is -2.43. The van der Waals surface area contributed by atoms with Crippen LogP contribution in [0, 0.1) is 0 Å². The highest BCUT2D eigenvalue weighted by Gasteiger charge is 2.15. The van der Waals surface area contributed by atoms with Crippen molar-refractivity contribution in [2.75, 3.05) is 18.8 Å². The summed E-state index contributed by atoms with van der Waals surface area (Å²) in [6.45, 7) is 1.98. The lowest BCUT2D eigenvalue weighted by Gasteiger charge is -2.23. The first kappa shape index (κ1) is 13.7. The fourth-order valence-corrected chi connectivity index (χ4v) is 2.99. The monoisotopic (exact) mass is 284 g/mol. The number of nitrogens with one attached hydrogen (secondary N) is 2. The quantitative estimate of drug-likeness (QED) is 0.834. The van der Waals surface area contributed by atoms with Crippen molar-refractivity contribution in [3.8, 4) is 0 Å². The lowest BCUT2D eigenvalue weighted by molar-refractivity contribution is -0.119. The number of rotatable bonds is 4. The van der Waals surface area contributed by atoms with E-state index in [2.05, 4.69) is 10.6 Å². The van der Waals surface area contributed by atoms with Crippen molar-refractivity contribution in [2.45, 2.75) is 23.8 Å². The zero-order chi connectivity index (χ0) is 12.8. The molecule has 1 aliphatic rings.